The van der Waals surface area contributed by atoms with Crippen molar-refractivity contribution >= 4 is 17.6 Å². The quantitative estimate of drug-likeness (QED) is 0.315. The number of halogens is 2. The number of Topliss-reactive ketones (excluding diaryl/α,β-unsaturated/α-hetero) is 2. The van der Waals surface area contributed by atoms with E-state index in [2.05, 4.69) is 4.99 Å². The fourth-order valence-corrected chi connectivity index (χ4v) is 0.952. The number of ketones is 2. The highest BCUT2D eigenvalue weighted by Gasteiger charge is 2.33. The average molecular weight is 223 g/mol. The minimum atomic E-state index is -1.68. The molecule has 1 N–H and O–H groups in total. The van der Waals surface area contributed by atoms with Crippen molar-refractivity contribution in [3.05, 3.63) is 28.5 Å². The molecular weight excluding hydrogens is 222 g/mol. The summed E-state index contributed by atoms with van der Waals surface area (Å²) < 4.78 is 26.3. The zero-order valence-corrected chi connectivity index (χ0v) is 7.41. The Morgan fingerprint density at radius 1 is 1.25 bits per heavy atom. The molecule has 1 rings (SSSR count). The van der Waals surface area contributed by atoms with Crippen LogP contribution in [0.2, 0.25) is 0 Å². The van der Waals surface area contributed by atoms with E-state index in [0.717, 1.165) is 6.01 Å². The topological polar surface area (TPSA) is 105 Å². The normalized spacial score (nSPS) is 15.8. The lowest BCUT2D eigenvalue weighted by atomic mass is 10.0. The average Bonchev–Trinajstić information content (AvgIpc) is 2.28. The zero-order valence-electron chi connectivity index (χ0n) is 7.41. The molecule has 0 radical (unpaired) electrons. The van der Waals surface area contributed by atoms with Crippen molar-refractivity contribution in [2.24, 2.45) is 4.99 Å². The lowest BCUT2D eigenvalue weighted by Crippen LogP contribution is -2.26. The molecule has 0 saturated carbocycles. The van der Waals surface area contributed by atoms with Crippen LogP contribution >= 0.6 is 0 Å². The first-order valence-corrected chi connectivity index (χ1v) is 3.68. The van der Waals surface area contributed by atoms with E-state index in [-0.39, 0.29) is 0 Å². The van der Waals surface area contributed by atoms with Crippen molar-refractivity contribution in [3.8, 4) is 6.19 Å². The van der Waals surface area contributed by atoms with E-state index in [1.165, 1.54) is 6.19 Å². The van der Waals surface area contributed by atoms with E-state index in [1.54, 1.807) is 5.32 Å². The van der Waals surface area contributed by atoms with Crippen LogP contribution in [0.4, 0.5) is 8.78 Å². The van der Waals surface area contributed by atoms with Gasteiger partial charge in [-0.25, -0.2) is 8.78 Å². The molecule has 0 aromatic heterocycles. The third kappa shape index (κ3) is 1.63. The predicted molar refractivity (Wildman–Crippen MR) is 45.8 cm³/mol. The van der Waals surface area contributed by atoms with Crippen LogP contribution in [0.3, 0.4) is 0 Å². The first kappa shape index (κ1) is 11.4. The molecule has 0 aliphatic heterocycles. The molecule has 0 saturated heterocycles. The van der Waals surface area contributed by atoms with Crippen LogP contribution in [-0.2, 0) is 9.59 Å². The van der Waals surface area contributed by atoms with Crippen LogP contribution in [0.5, 0.6) is 0 Å². The van der Waals surface area contributed by atoms with Crippen LogP contribution < -0.4 is 5.32 Å². The van der Waals surface area contributed by atoms with Gasteiger partial charge in [-0.3, -0.25) is 14.9 Å². The largest absolute Gasteiger partial charge is 0.422 e. The molecule has 0 spiro atoms. The third-order valence-corrected chi connectivity index (χ3v) is 1.61. The van der Waals surface area contributed by atoms with Gasteiger partial charge in [0, 0.05) is 0 Å². The van der Waals surface area contributed by atoms with Gasteiger partial charge in [0.05, 0.1) is 5.70 Å². The highest BCUT2D eigenvalue weighted by Crippen LogP contribution is 2.25. The Hall–Kier alpha value is -2.65. The van der Waals surface area contributed by atoms with Crippen molar-refractivity contribution < 1.29 is 18.4 Å². The summed E-state index contributed by atoms with van der Waals surface area (Å²) in [5, 5.41) is 17.8. The van der Waals surface area contributed by atoms with Crippen LogP contribution in [-0.4, -0.2) is 17.6 Å². The van der Waals surface area contributed by atoms with Crippen molar-refractivity contribution in [2.75, 3.05) is 0 Å². The summed E-state index contributed by atoms with van der Waals surface area (Å²) in [5.41, 5.74) is -2.30. The van der Waals surface area contributed by atoms with E-state index >= 15 is 0 Å². The number of carbonyl (C=O) groups excluding carboxylic acids is 2. The Morgan fingerprint density at radius 2 is 1.88 bits per heavy atom. The molecule has 0 fully saturated rings. The summed E-state index contributed by atoms with van der Waals surface area (Å²) in [7, 11) is 0. The number of hydrogen-bond donors (Lipinski definition) is 1. The first-order valence-electron chi connectivity index (χ1n) is 3.68. The molecule has 1 aliphatic rings. The maximum atomic E-state index is 13.2. The minimum Gasteiger partial charge on any atom is -0.422 e. The number of nitrogens with zero attached hydrogens (tertiary/aromatic N) is 3. The van der Waals surface area contributed by atoms with Gasteiger partial charge in [-0.2, -0.15) is 11.3 Å². The second-order valence-electron chi connectivity index (χ2n) is 2.46. The van der Waals surface area contributed by atoms with E-state index in [4.69, 9.17) is 10.7 Å². The number of nitrogens with one attached hydrogen (secondary N) is 1. The maximum Gasteiger partial charge on any atom is 0.241 e. The van der Waals surface area contributed by atoms with Crippen LogP contribution in [0.15, 0.2) is 28.0 Å². The molecule has 0 aromatic rings. The number of carbonyl (C=O) groups is 2. The van der Waals surface area contributed by atoms with E-state index in [0.29, 0.717) is 0 Å². The zero-order chi connectivity index (χ0) is 12.3. The van der Waals surface area contributed by atoms with Crippen LogP contribution in [0, 0.1) is 11.5 Å². The highest BCUT2D eigenvalue weighted by molar-refractivity contribution is 6.23. The maximum absolute atomic E-state index is 13.2. The Balaban J connectivity index is 3.37. The Morgan fingerprint density at radius 3 is 2.38 bits per heavy atom. The number of nitriles is 1. The van der Waals surface area contributed by atoms with Gasteiger partial charge in [-0.1, -0.05) is 0 Å². The minimum absolute atomic E-state index is 1.07. The standard InChI is InChI=1S/C8HF2N4O2/c9-3-5(13-1-11)7(15)4(10)6(8(3)16)14-2-12/h13H/q-1. The fourth-order valence-electron chi connectivity index (χ4n) is 0.952. The van der Waals surface area contributed by atoms with Gasteiger partial charge in [-0.05, 0) is 0 Å². The molecule has 0 amide bonds. The van der Waals surface area contributed by atoms with Gasteiger partial charge in [0.2, 0.25) is 11.6 Å². The lowest BCUT2D eigenvalue weighted by Gasteiger charge is -2.14. The Kier molecular flexibility index (Phi) is 3.03. The van der Waals surface area contributed by atoms with E-state index < -0.39 is 34.6 Å². The molecule has 6 nitrogen and oxygen atoms in total. The SMILES string of the molecule is N#CNC1=C(F)C(=O)C(N=C=[N-])=C(F)C1=O. The van der Waals surface area contributed by atoms with Crippen molar-refractivity contribution in [1.82, 2.24) is 5.32 Å². The molecule has 0 atom stereocenters. The summed E-state index contributed by atoms with van der Waals surface area (Å²) in [5.74, 6) is -6.42. The van der Waals surface area contributed by atoms with Crippen molar-refractivity contribution in [3.63, 3.8) is 0 Å². The van der Waals surface area contributed by atoms with Gasteiger partial charge < -0.3 is 10.4 Å². The second-order valence-corrected chi connectivity index (χ2v) is 2.46. The molecule has 0 unspecified atom stereocenters. The predicted octanol–water partition coefficient (Wildman–Crippen LogP) is 0.314. The van der Waals surface area contributed by atoms with Crippen LogP contribution in [0.1, 0.15) is 0 Å². The number of aliphatic imine (C=N–C) groups is 1. The Labute approximate surface area is 87.1 Å². The molecule has 8 heteroatoms. The van der Waals surface area contributed by atoms with Gasteiger partial charge in [-0.15, -0.1) is 0 Å². The van der Waals surface area contributed by atoms with Crippen LogP contribution in [0.25, 0.3) is 5.41 Å². The molecule has 80 valence electrons. The van der Waals surface area contributed by atoms with Gasteiger partial charge in [0.1, 0.15) is 5.70 Å². The molecule has 0 heterocycles. The molecule has 0 bridgehead atoms. The lowest BCUT2D eigenvalue weighted by molar-refractivity contribution is -0.118. The summed E-state index contributed by atoms with van der Waals surface area (Å²) in [6.45, 7) is 0. The molecular formula is C8HF2N4O2-. The number of allylic oxidation sites excluding steroid dienone is 2. The molecule has 0 aromatic carbocycles. The van der Waals surface area contributed by atoms with Gasteiger partial charge in [0.15, 0.2) is 17.8 Å². The van der Waals surface area contributed by atoms with Crippen molar-refractivity contribution in [2.45, 2.75) is 0 Å². The third-order valence-electron chi connectivity index (χ3n) is 1.61. The fraction of sp³-hybridized carbons (Fsp3) is 0. The second kappa shape index (κ2) is 4.25. The summed E-state index contributed by atoms with van der Waals surface area (Å²) in [4.78, 5) is 24.9. The Bertz CT molecular complexity index is 535. The smallest absolute Gasteiger partial charge is 0.241 e. The molecule has 1 aliphatic carbocycles. The van der Waals surface area contributed by atoms with Gasteiger partial charge in [0.25, 0.3) is 0 Å². The van der Waals surface area contributed by atoms with Crippen molar-refractivity contribution in [1.29, 1.82) is 5.26 Å². The van der Waals surface area contributed by atoms with E-state index in [1.807, 2.05) is 0 Å². The number of rotatable bonds is 2. The monoisotopic (exact) mass is 223 g/mol. The van der Waals surface area contributed by atoms with E-state index in [9.17, 15) is 18.4 Å². The highest BCUT2D eigenvalue weighted by atomic mass is 19.1. The summed E-state index contributed by atoms with van der Waals surface area (Å²) >= 11 is 0. The number of hydrogen-bond acceptors (Lipinski definition) is 5. The summed E-state index contributed by atoms with van der Waals surface area (Å²) in [6.07, 6.45) is 1.18. The van der Waals surface area contributed by atoms with Gasteiger partial charge >= 0.3 is 0 Å². The first-order chi connectivity index (χ1) is 7.54. The molecule has 16 heavy (non-hydrogen) atoms. The summed E-state index contributed by atoms with van der Waals surface area (Å²) in [6, 6.07) is 1.07.